The van der Waals surface area contributed by atoms with Crippen LogP contribution in [0.5, 0.6) is 0 Å². The second kappa shape index (κ2) is 6.18. The maximum absolute atomic E-state index is 3.70. The molecule has 1 atom stereocenters. The molecule has 1 aliphatic rings. The van der Waals surface area contributed by atoms with E-state index >= 15 is 0 Å². The summed E-state index contributed by atoms with van der Waals surface area (Å²) in [7, 11) is 0. The summed E-state index contributed by atoms with van der Waals surface area (Å²) in [6.07, 6.45) is 2.53. The highest BCUT2D eigenvalue weighted by Gasteiger charge is 2.13. The lowest BCUT2D eigenvalue weighted by atomic mass is 9.98. The van der Waals surface area contributed by atoms with Crippen molar-refractivity contribution >= 4 is 0 Å². The lowest BCUT2D eigenvalue weighted by Crippen LogP contribution is -2.41. The van der Waals surface area contributed by atoms with Crippen LogP contribution in [-0.2, 0) is 0 Å². The zero-order valence-corrected chi connectivity index (χ0v) is 11.0. The number of piperidine rings is 1. The molecule has 1 heterocycles. The van der Waals surface area contributed by atoms with Gasteiger partial charge in [-0.05, 0) is 44.3 Å². The average Bonchev–Trinajstić information content (AvgIpc) is 2.37. The molecule has 1 unspecified atom stereocenters. The minimum atomic E-state index is 0.602. The van der Waals surface area contributed by atoms with Gasteiger partial charge in [0.2, 0.25) is 0 Å². The van der Waals surface area contributed by atoms with Gasteiger partial charge in [-0.2, -0.15) is 0 Å². The predicted molar refractivity (Wildman–Crippen MR) is 73.5 cm³/mol. The van der Waals surface area contributed by atoms with Crippen molar-refractivity contribution < 1.29 is 0 Å². The molecule has 0 radical (unpaired) electrons. The van der Waals surface area contributed by atoms with Crippen LogP contribution >= 0.6 is 0 Å². The molecule has 2 nitrogen and oxygen atoms in total. The lowest BCUT2D eigenvalue weighted by Gasteiger charge is -2.25. The van der Waals surface area contributed by atoms with Gasteiger partial charge in [-0.15, -0.1) is 0 Å². The van der Waals surface area contributed by atoms with Gasteiger partial charge in [0.05, 0.1) is 0 Å². The summed E-state index contributed by atoms with van der Waals surface area (Å²) in [6.45, 7) is 7.89. The van der Waals surface area contributed by atoms with E-state index in [0.29, 0.717) is 12.0 Å². The molecule has 0 amide bonds. The van der Waals surface area contributed by atoms with Gasteiger partial charge in [-0.25, -0.2) is 0 Å². The fraction of sp³-hybridized carbons (Fsp3) is 0.600. The quantitative estimate of drug-likeness (QED) is 0.833. The Kier molecular flexibility index (Phi) is 4.57. The Morgan fingerprint density at radius 2 is 2.12 bits per heavy atom. The second-order valence-electron chi connectivity index (χ2n) is 5.25. The summed E-state index contributed by atoms with van der Waals surface area (Å²) in [6, 6.07) is 9.57. The maximum Gasteiger partial charge on any atom is 0.00914 e. The Morgan fingerprint density at radius 1 is 1.35 bits per heavy atom. The van der Waals surface area contributed by atoms with Crippen LogP contribution in [0.25, 0.3) is 0 Å². The molecule has 0 aromatic heterocycles. The van der Waals surface area contributed by atoms with E-state index in [0.717, 1.165) is 19.6 Å². The monoisotopic (exact) mass is 232 g/mol. The van der Waals surface area contributed by atoms with E-state index < -0.39 is 0 Å². The van der Waals surface area contributed by atoms with Crippen LogP contribution in [0.4, 0.5) is 0 Å². The maximum atomic E-state index is 3.70. The Bertz CT molecular complexity index is 343. The summed E-state index contributed by atoms with van der Waals surface area (Å²) in [5, 5.41) is 7.10. The van der Waals surface area contributed by atoms with Gasteiger partial charge in [0.15, 0.2) is 0 Å². The molecule has 1 fully saturated rings. The topological polar surface area (TPSA) is 24.1 Å². The third-order valence-electron chi connectivity index (χ3n) is 3.66. The van der Waals surface area contributed by atoms with Gasteiger partial charge in [0.1, 0.15) is 0 Å². The summed E-state index contributed by atoms with van der Waals surface area (Å²) >= 11 is 0. The molecule has 2 heteroatoms. The fourth-order valence-corrected chi connectivity index (χ4v) is 2.46. The van der Waals surface area contributed by atoms with E-state index in [-0.39, 0.29) is 0 Å². The van der Waals surface area contributed by atoms with Gasteiger partial charge in [-0.1, -0.05) is 36.8 Å². The van der Waals surface area contributed by atoms with Crippen LogP contribution < -0.4 is 10.6 Å². The van der Waals surface area contributed by atoms with Crippen molar-refractivity contribution in [2.24, 2.45) is 0 Å². The lowest BCUT2D eigenvalue weighted by molar-refractivity contribution is 0.381. The molecule has 94 valence electrons. The second-order valence-corrected chi connectivity index (χ2v) is 5.25. The first-order valence-corrected chi connectivity index (χ1v) is 6.76. The third-order valence-corrected chi connectivity index (χ3v) is 3.66. The van der Waals surface area contributed by atoms with Crippen molar-refractivity contribution in [2.75, 3.05) is 19.6 Å². The van der Waals surface area contributed by atoms with Crippen LogP contribution in [0.1, 0.15) is 36.8 Å². The Hall–Kier alpha value is -0.860. The first kappa shape index (κ1) is 12.6. The molecule has 2 rings (SSSR count). The SMILES string of the molecule is Cc1cccc(C(C)CNC2CCNCC2)c1. The standard InChI is InChI=1S/C15H24N2/c1-12-4-3-5-14(10-12)13(2)11-17-15-6-8-16-9-7-15/h3-5,10,13,15-17H,6-9,11H2,1-2H3. The van der Waals surface area contributed by atoms with Crippen molar-refractivity contribution in [3.8, 4) is 0 Å². The van der Waals surface area contributed by atoms with Crippen LogP contribution in [0.15, 0.2) is 24.3 Å². The van der Waals surface area contributed by atoms with E-state index in [1.165, 1.54) is 24.0 Å². The average molecular weight is 232 g/mol. The number of rotatable bonds is 4. The number of nitrogens with one attached hydrogen (secondary N) is 2. The molecular formula is C15H24N2. The van der Waals surface area contributed by atoms with Gasteiger partial charge in [-0.3, -0.25) is 0 Å². The highest BCUT2D eigenvalue weighted by Crippen LogP contribution is 2.16. The molecule has 0 bridgehead atoms. The van der Waals surface area contributed by atoms with Crippen LogP contribution in [0.2, 0.25) is 0 Å². The molecule has 0 aliphatic carbocycles. The number of hydrogen-bond donors (Lipinski definition) is 2. The zero-order valence-electron chi connectivity index (χ0n) is 11.0. The fourth-order valence-electron chi connectivity index (χ4n) is 2.46. The van der Waals surface area contributed by atoms with Crippen molar-refractivity contribution in [2.45, 2.75) is 38.6 Å². The Balaban J connectivity index is 1.82. The molecule has 1 aromatic carbocycles. The van der Waals surface area contributed by atoms with Crippen molar-refractivity contribution in [1.29, 1.82) is 0 Å². The smallest absolute Gasteiger partial charge is 0.00914 e. The minimum Gasteiger partial charge on any atom is -0.317 e. The molecule has 0 saturated carbocycles. The highest BCUT2D eigenvalue weighted by atomic mass is 15.0. The van der Waals surface area contributed by atoms with Crippen LogP contribution in [-0.4, -0.2) is 25.7 Å². The van der Waals surface area contributed by atoms with Gasteiger partial charge in [0, 0.05) is 12.6 Å². The van der Waals surface area contributed by atoms with E-state index in [2.05, 4.69) is 48.7 Å². The van der Waals surface area contributed by atoms with Crippen molar-refractivity contribution in [3.63, 3.8) is 0 Å². The van der Waals surface area contributed by atoms with Crippen LogP contribution in [0, 0.1) is 6.92 Å². The van der Waals surface area contributed by atoms with E-state index in [9.17, 15) is 0 Å². The molecule has 1 saturated heterocycles. The van der Waals surface area contributed by atoms with Gasteiger partial charge in [0.25, 0.3) is 0 Å². The van der Waals surface area contributed by atoms with E-state index in [4.69, 9.17) is 0 Å². The Morgan fingerprint density at radius 3 is 2.82 bits per heavy atom. The molecule has 0 spiro atoms. The predicted octanol–water partition coefficient (Wildman–Crippen LogP) is 2.44. The first-order valence-electron chi connectivity index (χ1n) is 6.76. The third kappa shape index (κ3) is 3.83. The van der Waals surface area contributed by atoms with Crippen molar-refractivity contribution in [1.82, 2.24) is 10.6 Å². The first-order chi connectivity index (χ1) is 8.25. The summed E-state index contributed by atoms with van der Waals surface area (Å²) < 4.78 is 0. The Labute approximate surface area is 105 Å². The zero-order chi connectivity index (χ0) is 12.1. The minimum absolute atomic E-state index is 0.602. The normalized spacial score (nSPS) is 19.2. The van der Waals surface area contributed by atoms with E-state index in [1.54, 1.807) is 0 Å². The van der Waals surface area contributed by atoms with E-state index in [1.807, 2.05) is 0 Å². The highest BCUT2D eigenvalue weighted by molar-refractivity contribution is 5.25. The summed E-state index contributed by atoms with van der Waals surface area (Å²) in [5.41, 5.74) is 2.81. The van der Waals surface area contributed by atoms with Crippen LogP contribution in [0.3, 0.4) is 0 Å². The number of benzene rings is 1. The number of hydrogen-bond acceptors (Lipinski definition) is 2. The van der Waals surface area contributed by atoms with Gasteiger partial charge >= 0.3 is 0 Å². The molecule has 1 aromatic rings. The van der Waals surface area contributed by atoms with Crippen molar-refractivity contribution in [3.05, 3.63) is 35.4 Å². The number of aryl methyl sites for hydroxylation is 1. The molecule has 1 aliphatic heterocycles. The molecule has 2 N–H and O–H groups in total. The summed E-state index contributed by atoms with van der Waals surface area (Å²) in [4.78, 5) is 0. The molecule has 17 heavy (non-hydrogen) atoms. The largest absolute Gasteiger partial charge is 0.317 e. The van der Waals surface area contributed by atoms with Gasteiger partial charge < -0.3 is 10.6 Å². The molecular weight excluding hydrogens is 208 g/mol. The summed E-state index contributed by atoms with van der Waals surface area (Å²) in [5.74, 6) is 0.602.